The molecule has 0 aliphatic carbocycles. The van der Waals surface area contributed by atoms with Gasteiger partial charge in [0.15, 0.2) is 5.11 Å². The molecule has 0 atom stereocenters. The highest BCUT2D eigenvalue weighted by Crippen LogP contribution is 2.35. The smallest absolute Gasteiger partial charge is 0.231 e. The summed E-state index contributed by atoms with van der Waals surface area (Å²) in [7, 11) is 0. The lowest BCUT2D eigenvalue weighted by Gasteiger charge is -2.38. The molecular formula is C26H28ClN5OS. The zero-order valence-corrected chi connectivity index (χ0v) is 20.8. The Labute approximate surface area is 210 Å². The van der Waals surface area contributed by atoms with E-state index in [2.05, 4.69) is 56.9 Å². The van der Waals surface area contributed by atoms with Crippen molar-refractivity contribution in [1.82, 2.24) is 15.3 Å². The van der Waals surface area contributed by atoms with Gasteiger partial charge in [0.1, 0.15) is 5.82 Å². The second kappa shape index (κ2) is 9.86. The van der Waals surface area contributed by atoms with Crippen molar-refractivity contribution in [3.8, 4) is 0 Å². The van der Waals surface area contributed by atoms with Gasteiger partial charge in [-0.05, 0) is 60.8 Å². The van der Waals surface area contributed by atoms with E-state index in [9.17, 15) is 0 Å². The first kappa shape index (κ1) is 23.0. The number of halogens is 1. The summed E-state index contributed by atoms with van der Waals surface area (Å²) >= 11 is 11.9. The lowest BCUT2D eigenvalue weighted by atomic mass is 9.74. The fourth-order valence-electron chi connectivity index (χ4n) is 4.81. The Morgan fingerprint density at radius 1 is 1.06 bits per heavy atom. The summed E-state index contributed by atoms with van der Waals surface area (Å²) in [6.45, 7) is 5.79. The number of fused-ring (bicyclic) bond motifs is 1. The number of thiocarbonyl (C=S) groups is 1. The van der Waals surface area contributed by atoms with Crippen molar-refractivity contribution in [2.75, 3.05) is 30.0 Å². The quantitative estimate of drug-likeness (QED) is 0.485. The first-order valence-corrected chi connectivity index (χ1v) is 12.4. The van der Waals surface area contributed by atoms with Crippen LogP contribution in [0, 0.1) is 6.92 Å². The molecule has 0 unspecified atom stereocenters. The molecule has 3 heterocycles. The molecule has 2 aliphatic rings. The Bertz CT molecular complexity index is 1170. The molecule has 2 aromatic carbocycles. The molecule has 5 rings (SSSR count). The predicted octanol–water partition coefficient (Wildman–Crippen LogP) is 4.99. The van der Waals surface area contributed by atoms with Crippen LogP contribution in [-0.2, 0) is 23.2 Å². The van der Waals surface area contributed by atoms with Gasteiger partial charge in [-0.3, -0.25) is 0 Å². The number of nitrogens with one attached hydrogen (secondary N) is 2. The number of nitrogens with zero attached hydrogens (tertiary/aromatic N) is 3. The molecule has 2 N–H and O–H groups in total. The maximum absolute atomic E-state index is 6.30. The fraction of sp³-hybridized carbons (Fsp3) is 0.346. The van der Waals surface area contributed by atoms with Gasteiger partial charge in [0.25, 0.3) is 0 Å². The second-order valence-corrected chi connectivity index (χ2v) is 9.87. The number of anilines is 2. The van der Waals surface area contributed by atoms with E-state index in [0.717, 1.165) is 55.7 Å². The lowest BCUT2D eigenvalue weighted by molar-refractivity contribution is 0.0515. The van der Waals surface area contributed by atoms with E-state index in [1.54, 1.807) is 0 Å². The van der Waals surface area contributed by atoms with Crippen molar-refractivity contribution in [3.63, 3.8) is 0 Å². The average molecular weight is 494 g/mol. The van der Waals surface area contributed by atoms with E-state index < -0.39 is 0 Å². The van der Waals surface area contributed by atoms with Crippen LogP contribution in [0.5, 0.6) is 0 Å². The van der Waals surface area contributed by atoms with E-state index in [1.807, 2.05) is 25.1 Å². The van der Waals surface area contributed by atoms with E-state index in [0.29, 0.717) is 17.6 Å². The van der Waals surface area contributed by atoms with Gasteiger partial charge in [0.05, 0.1) is 0 Å². The highest BCUT2D eigenvalue weighted by atomic mass is 35.5. The number of hydrogen-bond donors (Lipinski definition) is 2. The molecule has 0 amide bonds. The van der Waals surface area contributed by atoms with Crippen LogP contribution in [-0.4, -0.2) is 34.8 Å². The molecule has 8 heteroatoms. The maximum Gasteiger partial charge on any atom is 0.231 e. The minimum Gasteiger partial charge on any atom is -0.381 e. The first-order chi connectivity index (χ1) is 16.5. The molecule has 176 valence electrons. The van der Waals surface area contributed by atoms with Crippen LogP contribution in [0.15, 0.2) is 54.6 Å². The van der Waals surface area contributed by atoms with Gasteiger partial charge in [-0.2, -0.15) is 4.98 Å². The number of aryl methyl sites for hydroxylation is 1. The monoisotopic (exact) mass is 493 g/mol. The summed E-state index contributed by atoms with van der Waals surface area (Å²) in [6, 6.07) is 18.6. The number of ether oxygens (including phenoxy) is 1. The first-order valence-electron chi connectivity index (χ1n) is 11.6. The van der Waals surface area contributed by atoms with E-state index in [-0.39, 0.29) is 5.41 Å². The van der Waals surface area contributed by atoms with Gasteiger partial charge >= 0.3 is 0 Å². The molecule has 0 bridgehead atoms. The van der Waals surface area contributed by atoms with Crippen LogP contribution in [0.25, 0.3) is 0 Å². The molecule has 1 saturated heterocycles. The minimum atomic E-state index is -0.0885. The van der Waals surface area contributed by atoms with Crippen LogP contribution >= 0.6 is 23.8 Å². The van der Waals surface area contributed by atoms with E-state index >= 15 is 0 Å². The minimum absolute atomic E-state index is 0.0885. The summed E-state index contributed by atoms with van der Waals surface area (Å²) in [5.41, 5.74) is 4.70. The van der Waals surface area contributed by atoms with Gasteiger partial charge in [0.2, 0.25) is 5.95 Å². The highest BCUT2D eigenvalue weighted by molar-refractivity contribution is 7.80. The number of hydrogen-bond acceptors (Lipinski definition) is 5. The van der Waals surface area contributed by atoms with E-state index in [1.165, 1.54) is 16.7 Å². The molecule has 3 aromatic rings. The van der Waals surface area contributed by atoms with Crippen LogP contribution in [0.4, 0.5) is 11.8 Å². The Morgan fingerprint density at radius 3 is 2.50 bits per heavy atom. The molecule has 0 spiro atoms. The Balaban J connectivity index is 1.27. The fourth-order valence-corrected chi connectivity index (χ4v) is 5.16. The molecule has 0 saturated carbocycles. The third-order valence-corrected chi connectivity index (χ3v) is 7.19. The van der Waals surface area contributed by atoms with Gasteiger partial charge < -0.3 is 20.3 Å². The molecule has 1 aromatic heterocycles. The molecule has 0 radical (unpaired) electrons. The molecule has 34 heavy (non-hydrogen) atoms. The van der Waals surface area contributed by atoms with Gasteiger partial charge in [0, 0.05) is 55.0 Å². The maximum atomic E-state index is 6.30. The van der Waals surface area contributed by atoms with Gasteiger partial charge in [-0.15, -0.1) is 0 Å². The van der Waals surface area contributed by atoms with Crippen molar-refractivity contribution in [2.24, 2.45) is 0 Å². The van der Waals surface area contributed by atoms with E-state index in [4.69, 9.17) is 33.5 Å². The van der Waals surface area contributed by atoms with Crippen molar-refractivity contribution in [1.29, 1.82) is 0 Å². The topological polar surface area (TPSA) is 62.3 Å². The third-order valence-electron chi connectivity index (χ3n) is 6.71. The van der Waals surface area contributed by atoms with Crippen LogP contribution in [0.3, 0.4) is 0 Å². The Hall–Kier alpha value is -2.74. The number of rotatable bonds is 5. The van der Waals surface area contributed by atoms with Crippen LogP contribution in [0.2, 0.25) is 5.02 Å². The Morgan fingerprint density at radius 2 is 1.79 bits per heavy atom. The summed E-state index contributed by atoms with van der Waals surface area (Å²) in [5, 5.41) is 7.86. The van der Waals surface area contributed by atoms with Crippen molar-refractivity contribution in [2.45, 2.75) is 38.3 Å². The average Bonchev–Trinajstić information content (AvgIpc) is 3.28. The number of benzene rings is 2. The van der Waals surface area contributed by atoms with Crippen molar-refractivity contribution >= 4 is 40.7 Å². The second-order valence-electron chi connectivity index (χ2n) is 9.03. The largest absolute Gasteiger partial charge is 0.381 e. The van der Waals surface area contributed by atoms with Crippen molar-refractivity contribution in [3.05, 3.63) is 82.0 Å². The lowest BCUT2D eigenvalue weighted by Crippen LogP contribution is -2.45. The van der Waals surface area contributed by atoms with Gasteiger partial charge in [-0.1, -0.05) is 48.0 Å². The summed E-state index contributed by atoms with van der Waals surface area (Å²) in [5.74, 6) is 1.40. The standard InChI is InChI=1S/C26H28ClN5OS/c1-18-13-23(32-15-19-5-2-3-6-20(19)16-32)30-24(29-18)31-25(34)28-17-26(9-11-33-12-10-26)21-7-4-8-22(27)14-21/h2-8,13-14H,9-12,15-17H2,1H3,(H2,28,29,30,31,34). The summed E-state index contributed by atoms with van der Waals surface area (Å²) in [6.07, 6.45) is 1.81. The van der Waals surface area contributed by atoms with Crippen LogP contribution in [0.1, 0.15) is 35.2 Å². The molecule has 6 nitrogen and oxygen atoms in total. The predicted molar refractivity (Wildman–Crippen MR) is 141 cm³/mol. The van der Waals surface area contributed by atoms with Crippen LogP contribution < -0.4 is 15.5 Å². The highest BCUT2D eigenvalue weighted by Gasteiger charge is 2.34. The molecule has 2 aliphatic heterocycles. The molecule has 1 fully saturated rings. The zero-order chi connectivity index (χ0) is 23.5. The normalized spacial score (nSPS) is 16.7. The molecular weight excluding hydrogens is 466 g/mol. The zero-order valence-electron chi connectivity index (χ0n) is 19.2. The Kier molecular flexibility index (Phi) is 6.68. The summed E-state index contributed by atoms with van der Waals surface area (Å²) in [4.78, 5) is 11.6. The SMILES string of the molecule is Cc1cc(N2Cc3ccccc3C2)nc(NC(=S)NCC2(c3cccc(Cl)c3)CCOCC2)n1. The summed E-state index contributed by atoms with van der Waals surface area (Å²) < 4.78 is 5.64. The van der Waals surface area contributed by atoms with Gasteiger partial charge in [-0.25, -0.2) is 4.98 Å². The number of aromatic nitrogens is 2. The third kappa shape index (κ3) is 5.02. The van der Waals surface area contributed by atoms with Crippen molar-refractivity contribution < 1.29 is 4.74 Å².